The number of H-pyrrole nitrogens is 1. The molecule has 0 bridgehead atoms. The Morgan fingerprint density at radius 3 is 2.45 bits per heavy atom. The van der Waals surface area contributed by atoms with Crippen LogP contribution in [0.5, 0.6) is 0 Å². The van der Waals surface area contributed by atoms with E-state index in [0.29, 0.717) is 17.1 Å². The Hall–Kier alpha value is -1.50. The Morgan fingerprint density at radius 1 is 1.10 bits per heavy atom. The van der Waals surface area contributed by atoms with Crippen LogP contribution in [0.1, 0.15) is 0 Å². The molecule has 0 amide bonds. The van der Waals surface area contributed by atoms with Gasteiger partial charge < -0.3 is 0 Å². The highest BCUT2D eigenvalue weighted by Crippen LogP contribution is 2.34. The number of nitrogens with one attached hydrogen (secondary N) is 1. The van der Waals surface area contributed by atoms with Crippen molar-refractivity contribution in [2.75, 3.05) is 0 Å². The Balaban J connectivity index is 2.14. The zero-order valence-corrected chi connectivity index (χ0v) is 12.9. The summed E-state index contributed by atoms with van der Waals surface area (Å²) in [6.07, 6.45) is 1.50. The van der Waals surface area contributed by atoms with Gasteiger partial charge in [-0.2, -0.15) is 15.4 Å². The third kappa shape index (κ3) is 2.54. The summed E-state index contributed by atoms with van der Waals surface area (Å²) in [5, 5.41) is 10.6. The molecule has 5 nitrogen and oxygen atoms in total. The SMILES string of the molecule is Clc1nc(-c2cn[nH]n2)nc(Cl)c1-c1cccc(Br)c1. The average Bonchev–Trinajstić information content (AvgIpc) is 2.91. The Morgan fingerprint density at radius 2 is 1.85 bits per heavy atom. The maximum absolute atomic E-state index is 6.23. The molecular formula is C12H6BrCl2N5. The summed E-state index contributed by atoms with van der Waals surface area (Å²) in [6, 6.07) is 7.58. The fourth-order valence-electron chi connectivity index (χ4n) is 1.71. The molecule has 0 aliphatic carbocycles. The number of hydrogen-bond donors (Lipinski definition) is 1. The predicted molar refractivity (Wildman–Crippen MR) is 80.6 cm³/mol. The summed E-state index contributed by atoms with van der Waals surface area (Å²) in [5.74, 6) is 0.326. The van der Waals surface area contributed by atoms with Gasteiger partial charge in [0.15, 0.2) is 5.82 Å². The molecule has 2 aromatic heterocycles. The lowest BCUT2D eigenvalue weighted by molar-refractivity contribution is 0.938. The molecule has 0 saturated heterocycles. The van der Waals surface area contributed by atoms with Gasteiger partial charge in [-0.05, 0) is 17.7 Å². The van der Waals surface area contributed by atoms with Crippen LogP contribution in [0.2, 0.25) is 10.3 Å². The minimum Gasteiger partial charge on any atom is -0.214 e. The molecule has 3 rings (SSSR count). The zero-order chi connectivity index (χ0) is 14.1. The Bertz CT molecular complexity index is 737. The standard InChI is InChI=1S/C12H6BrCl2N5/c13-7-3-1-2-6(4-7)9-10(14)17-12(18-11(9)15)8-5-16-20-19-8/h1-5H,(H,16,19,20). The summed E-state index contributed by atoms with van der Waals surface area (Å²) in [6.45, 7) is 0. The molecule has 100 valence electrons. The molecule has 2 heterocycles. The molecule has 0 fully saturated rings. The van der Waals surface area contributed by atoms with Crippen molar-refractivity contribution in [3.63, 3.8) is 0 Å². The normalized spacial score (nSPS) is 10.8. The summed E-state index contributed by atoms with van der Waals surface area (Å²) in [7, 11) is 0. The van der Waals surface area contributed by atoms with Crippen LogP contribution < -0.4 is 0 Å². The van der Waals surface area contributed by atoms with Crippen LogP contribution in [0.3, 0.4) is 0 Å². The third-order valence-corrected chi connectivity index (χ3v) is 3.62. The topological polar surface area (TPSA) is 67.3 Å². The van der Waals surface area contributed by atoms with E-state index in [0.717, 1.165) is 10.0 Å². The highest BCUT2D eigenvalue weighted by molar-refractivity contribution is 9.10. The first-order valence-corrected chi connectivity index (χ1v) is 7.05. The molecule has 0 aliphatic heterocycles. The van der Waals surface area contributed by atoms with E-state index < -0.39 is 0 Å². The second-order valence-electron chi connectivity index (χ2n) is 3.87. The summed E-state index contributed by atoms with van der Waals surface area (Å²) in [5.41, 5.74) is 1.90. The highest BCUT2D eigenvalue weighted by Gasteiger charge is 2.16. The van der Waals surface area contributed by atoms with Crippen molar-refractivity contribution in [2.45, 2.75) is 0 Å². The van der Waals surface area contributed by atoms with Crippen molar-refractivity contribution in [1.82, 2.24) is 25.4 Å². The first-order chi connectivity index (χ1) is 9.65. The van der Waals surface area contributed by atoms with E-state index in [1.807, 2.05) is 24.3 Å². The van der Waals surface area contributed by atoms with E-state index in [4.69, 9.17) is 23.2 Å². The number of aromatic nitrogens is 5. The van der Waals surface area contributed by atoms with Gasteiger partial charge in [0.25, 0.3) is 0 Å². The average molecular weight is 371 g/mol. The van der Waals surface area contributed by atoms with Gasteiger partial charge in [-0.1, -0.05) is 51.3 Å². The Labute approximate surface area is 132 Å². The highest BCUT2D eigenvalue weighted by atomic mass is 79.9. The quantitative estimate of drug-likeness (QED) is 0.692. The first-order valence-electron chi connectivity index (χ1n) is 5.50. The lowest BCUT2D eigenvalue weighted by atomic mass is 10.1. The van der Waals surface area contributed by atoms with Crippen LogP contribution in [0.15, 0.2) is 34.9 Å². The lowest BCUT2D eigenvalue weighted by Gasteiger charge is -2.07. The molecule has 0 aliphatic rings. The van der Waals surface area contributed by atoms with Crippen molar-refractivity contribution >= 4 is 39.1 Å². The molecule has 1 N–H and O–H groups in total. The van der Waals surface area contributed by atoms with E-state index in [9.17, 15) is 0 Å². The number of rotatable bonds is 2. The molecule has 0 spiro atoms. The smallest absolute Gasteiger partial charge is 0.184 e. The van der Waals surface area contributed by atoms with Crippen LogP contribution in [0.25, 0.3) is 22.6 Å². The number of nitrogens with zero attached hydrogens (tertiary/aromatic N) is 4. The fraction of sp³-hybridized carbons (Fsp3) is 0. The van der Waals surface area contributed by atoms with E-state index in [2.05, 4.69) is 41.3 Å². The van der Waals surface area contributed by atoms with Crippen LogP contribution in [-0.2, 0) is 0 Å². The number of benzene rings is 1. The maximum Gasteiger partial charge on any atom is 0.184 e. The predicted octanol–water partition coefficient (Wildman–Crippen LogP) is 4.00. The van der Waals surface area contributed by atoms with Gasteiger partial charge in [-0.15, -0.1) is 0 Å². The number of aromatic amines is 1. The summed E-state index contributed by atoms with van der Waals surface area (Å²) in [4.78, 5) is 8.43. The largest absolute Gasteiger partial charge is 0.214 e. The molecule has 3 aromatic rings. The second-order valence-corrected chi connectivity index (χ2v) is 5.50. The van der Waals surface area contributed by atoms with Gasteiger partial charge in [0.1, 0.15) is 16.0 Å². The monoisotopic (exact) mass is 369 g/mol. The minimum atomic E-state index is 0.265. The molecule has 0 radical (unpaired) electrons. The molecule has 1 aromatic carbocycles. The van der Waals surface area contributed by atoms with Gasteiger partial charge in [0.05, 0.1) is 11.8 Å². The second kappa shape index (κ2) is 5.47. The van der Waals surface area contributed by atoms with Crippen LogP contribution in [0.4, 0.5) is 0 Å². The molecule has 0 atom stereocenters. The van der Waals surface area contributed by atoms with Crippen molar-refractivity contribution < 1.29 is 0 Å². The van der Waals surface area contributed by atoms with E-state index in [-0.39, 0.29) is 10.3 Å². The zero-order valence-electron chi connectivity index (χ0n) is 9.81. The van der Waals surface area contributed by atoms with Crippen molar-refractivity contribution in [1.29, 1.82) is 0 Å². The van der Waals surface area contributed by atoms with Crippen molar-refractivity contribution in [3.05, 3.63) is 45.2 Å². The molecule has 0 unspecified atom stereocenters. The van der Waals surface area contributed by atoms with Gasteiger partial charge in [-0.25, -0.2) is 9.97 Å². The summed E-state index contributed by atoms with van der Waals surface area (Å²) >= 11 is 15.9. The fourth-order valence-corrected chi connectivity index (χ4v) is 2.72. The van der Waals surface area contributed by atoms with Gasteiger partial charge in [0.2, 0.25) is 0 Å². The van der Waals surface area contributed by atoms with E-state index in [1.54, 1.807) is 0 Å². The lowest BCUT2D eigenvalue weighted by Crippen LogP contribution is -1.95. The number of hydrogen-bond acceptors (Lipinski definition) is 4. The molecular weight excluding hydrogens is 365 g/mol. The van der Waals surface area contributed by atoms with Crippen molar-refractivity contribution in [2.24, 2.45) is 0 Å². The molecule has 8 heteroatoms. The first kappa shape index (κ1) is 13.5. The third-order valence-electron chi connectivity index (χ3n) is 2.58. The van der Waals surface area contributed by atoms with Crippen LogP contribution in [0, 0.1) is 0 Å². The summed E-state index contributed by atoms with van der Waals surface area (Å²) < 4.78 is 0.919. The Kier molecular flexibility index (Phi) is 3.69. The molecule has 20 heavy (non-hydrogen) atoms. The maximum atomic E-state index is 6.23. The molecule has 0 saturated carbocycles. The van der Waals surface area contributed by atoms with E-state index in [1.165, 1.54) is 6.20 Å². The van der Waals surface area contributed by atoms with Crippen LogP contribution >= 0.6 is 39.1 Å². The van der Waals surface area contributed by atoms with Gasteiger partial charge in [-0.3, -0.25) is 0 Å². The van der Waals surface area contributed by atoms with Gasteiger partial charge in [0, 0.05) is 4.47 Å². The minimum absolute atomic E-state index is 0.265. The van der Waals surface area contributed by atoms with Gasteiger partial charge >= 0.3 is 0 Å². The number of halogens is 3. The van der Waals surface area contributed by atoms with E-state index >= 15 is 0 Å². The van der Waals surface area contributed by atoms with Crippen LogP contribution in [-0.4, -0.2) is 25.4 Å². The van der Waals surface area contributed by atoms with Crippen molar-refractivity contribution in [3.8, 4) is 22.6 Å².